The highest BCUT2D eigenvalue weighted by molar-refractivity contribution is 5.96. The number of carbonyl (C=O) groups excluding carboxylic acids is 1. The van der Waals surface area contributed by atoms with Crippen LogP contribution in [0, 0.1) is 6.92 Å². The number of nitrogen functional groups attached to an aromatic ring is 1. The van der Waals surface area contributed by atoms with Crippen molar-refractivity contribution in [1.29, 1.82) is 0 Å². The summed E-state index contributed by atoms with van der Waals surface area (Å²) in [5, 5.41) is 16.8. The Bertz CT molecular complexity index is 902. The number of aromatic nitrogens is 2. The summed E-state index contributed by atoms with van der Waals surface area (Å²) in [5.74, 6) is 0.282. The quantitative estimate of drug-likeness (QED) is 0.471. The third-order valence-corrected chi connectivity index (χ3v) is 5.48. The van der Waals surface area contributed by atoms with Gasteiger partial charge in [-0.25, -0.2) is 9.97 Å². The maximum Gasteiger partial charge on any atom is 0.271 e. The number of aliphatic hydroxyl groups is 1. The Kier molecular flexibility index (Phi) is 5.93. The summed E-state index contributed by atoms with van der Waals surface area (Å²) in [6.07, 6.45) is 3.75. The zero-order chi connectivity index (χ0) is 21.2. The van der Waals surface area contributed by atoms with Crippen LogP contribution in [0.1, 0.15) is 61.3 Å². The first-order chi connectivity index (χ1) is 13.7. The van der Waals surface area contributed by atoms with Crippen LogP contribution >= 0.6 is 0 Å². The molecule has 0 atom stereocenters. The van der Waals surface area contributed by atoms with Crippen molar-refractivity contribution >= 4 is 28.9 Å². The van der Waals surface area contributed by atoms with Gasteiger partial charge in [-0.2, -0.15) is 0 Å². The number of hydrogen-bond acceptors (Lipinski definition) is 7. The zero-order valence-corrected chi connectivity index (χ0v) is 17.2. The summed E-state index contributed by atoms with van der Waals surface area (Å²) in [7, 11) is 0. The highest BCUT2D eigenvalue weighted by Gasteiger charge is 2.29. The molecule has 0 saturated heterocycles. The molecule has 1 aliphatic rings. The van der Waals surface area contributed by atoms with Crippen molar-refractivity contribution in [3.05, 3.63) is 35.2 Å². The van der Waals surface area contributed by atoms with Crippen molar-refractivity contribution in [2.45, 2.75) is 64.5 Å². The first kappa shape index (κ1) is 20.9. The molecular formula is C21H30N6O2. The molecule has 1 aromatic heterocycles. The van der Waals surface area contributed by atoms with Gasteiger partial charge in [0.05, 0.1) is 11.3 Å². The molecule has 0 unspecified atom stereocenters. The summed E-state index contributed by atoms with van der Waals surface area (Å²) in [5.41, 5.74) is 14.0. The molecule has 0 aliphatic heterocycles. The predicted molar refractivity (Wildman–Crippen MR) is 115 cm³/mol. The van der Waals surface area contributed by atoms with Crippen LogP contribution in [0.3, 0.4) is 0 Å². The Morgan fingerprint density at radius 2 is 1.97 bits per heavy atom. The first-order valence-electron chi connectivity index (χ1n) is 10.0. The van der Waals surface area contributed by atoms with E-state index in [9.17, 15) is 9.90 Å². The summed E-state index contributed by atoms with van der Waals surface area (Å²) >= 11 is 0. The van der Waals surface area contributed by atoms with Gasteiger partial charge in [0.15, 0.2) is 11.5 Å². The molecule has 7 N–H and O–H groups in total. The average Bonchev–Trinajstić information content (AvgIpc) is 2.66. The van der Waals surface area contributed by atoms with E-state index < -0.39 is 11.5 Å². The Balaban J connectivity index is 1.91. The lowest BCUT2D eigenvalue weighted by atomic mass is 9.83. The van der Waals surface area contributed by atoms with Crippen LogP contribution in [0.2, 0.25) is 0 Å². The molecule has 3 rings (SSSR count). The molecule has 1 aromatic carbocycles. The van der Waals surface area contributed by atoms with E-state index in [0.717, 1.165) is 31.2 Å². The normalized spacial score (nSPS) is 21.6. The number of aryl methyl sites for hydroxylation is 2. The number of primary amides is 1. The summed E-state index contributed by atoms with van der Waals surface area (Å²) in [6.45, 7) is 5.75. The lowest BCUT2D eigenvalue weighted by Gasteiger charge is -2.34. The van der Waals surface area contributed by atoms with Crippen LogP contribution in [-0.4, -0.2) is 32.6 Å². The van der Waals surface area contributed by atoms with Crippen LogP contribution in [0.4, 0.5) is 23.0 Å². The van der Waals surface area contributed by atoms with Crippen molar-refractivity contribution in [2.24, 2.45) is 5.73 Å². The second-order valence-corrected chi connectivity index (χ2v) is 8.05. The Hall–Kier alpha value is -2.87. The number of benzene rings is 1. The van der Waals surface area contributed by atoms with E-state index in [4.69, 9.17) is 11.5 Å². The number of anilines is 4. The number of nitrogens with one attached hydrogen (secondary N) is 2. The lowest BCUT2D eigenvalue weighted by Crippen LogP contribution is -2.36. The predicted octanol–water partition coefficient (Wildman–Crippen LogP) is 2.88. The van der Waals surface area contributed by atoms with Crippen molar-refractivity contribution in [3.63, 3.8) is 0 Å². The van der Waals surface area contributed by atoms with Crippen LogP contribution in [0.25, 0.3) is 0 Å². The molecule has 1 amide bonds. The van der Waals surface area contributed by atoms with E-state index in [0.29, 0.717) is 35.1 Å². The molecule has 8 nitrogen and oxygen atoms in total. The third-order valence-electron chi connectivity index (χ3n) is 5.48. The maximum atomic E-state index is 12.0. The van der Waals surface area contributed by atoms with E-state index in [1.807, 2.05) is 32.9 Å². The van der Waals surface area contributed by atoms with Gasteiger partial charge < -0.3 is 27.2 Å². The minimum absolute atomic E-state index is 0.0955. The molecular weight excluding hydrogens is 368 g/mol. The first-order valence-corrected chi connectivity index (χ1v) is 10.0. The van der Waals surface area contributed by atoms with Gasteiger partial charge in [0.2, 0.25) is 0 Å². The maximum absolute atomic E-state index is 12.0. The van der Waals surface area contributed by atoms with E-state index in [1.54, 1.807) is 6.07 Å². The van der Waals surface area contributed by atoms with Crippen molar-refractivity contribution < 1.29 is 9.90 Å². The lowest BCUT2D eigenvalue weighted by molar-refractivity contribution is 0.0196. The van der Waals surface area contributed by atoms with E-state index in [2.05, 4.69) is 20.6 Å². The van der Waals surface area contributed by atoms with Gasteiger partial charge in [-0.1, -0.05) is 13.0 Å². The molecule has 8 heteroatoms. The second kappa shape index (κ2) is 8.24. The fourth-order valence-electron chi connectivity index (χ4n) is 3.52. The number of nitrogens with zero attached hydrogens (tertiary/aromatic N) is 2. The SMILES string of the molecule is CCc1nc(C(N)=O)c(Nc2ccc(C)c(N)c2)nc1N[C@H]1CC[C@](C)(O)CC1. The number of nitrogens with two attached hydrogens (primary N) is 2. The topological polar surface area (TPSA) is 139 Å². The highest BCUT2D eigenvalue weighted by atomic mass is 16.3. The fourth-order valence-corrected chi connectivity index (χ4v) is 3.52. The van der Waals surface area contributed by atoms with Crippen LogP contribution in [-0.2, 0) is 6.42 Å². The van der Waals surface area contributed by atoms with E-state index in [1.165, 1.54) is 0 Å². The van der Waals surface area contributed by atoms with Crippen LogP contribution in [0.15, 0.2) is 18.2 Å². The van der Waals surface area contributed by atoms with Gasteiger partial charge in [0.1, 0.15) is 5.82 Å². The zero-order valence-electron chi connectivity index (χ0n) is 17.2. The van der Waals surface area contributed by atoms with Gasteiger partial charge in [0, 0.05) is 17.4 Å². The molecule has 0 bridgehead atoms. The summed E-state index contributed by atoms with van der Waals surface area (Å²) in [4.78, 5) is 21.1. The molecule has 156 valence electrons. The van der Waals surface area contributed by atoms with Crippen LogP contribution < -0.4 is 22.1 Å². The monoisotopic (exact) mass is 398 g/mol. The summed E-state index contributed by atoms with van der Waals surface area (Å²) in [6, 6.07) is 5.73. The second-order valence-electron chi connectivity index (χ2n) is 8.05. The van der Waals surface area contributed by atoms with Crippen LogP contribution in [0.5, 0.6) is 0 Å². The third kappa shape index (κ3) is 4.95. The highest BCUT2D eigenvalue weighted by Crippen LogP contribution is 2.31. The average molecular weight is 399 g/mol. The van der Waals surface area contributed by atoms with Gasteiger partial charge in [-0.3, -0.25) is 4.79 Å². The summed E-state index contributed by atoms with van der Waals surface area (Å²) < 4.78 is 0. The van der Waals surface area contributed by atoms with E-state index >= 15 is 0 Å². The molecule has 1 heterocycles. The van der Waals surface area contributed by atoms with Crippen molar-refractivity contribution in [2.75, 3.05) is 16.4 Å². The van der Waals surface area contributed by atoms with Crippen molar-refractivity contribution in [3.8, 4) is 0 Å². The van der Waals surface area contributed by atoms with Gasteiger partial charge in [0.25, 0.3) is 5.91 Å². The van der Waals surface area contributed by atoms with Gasteiger partial charge in [-0.05, 0) is 63.6 Å². The van der Waals surface area contributed by atoms with Gasteiger partial charge >= 0.3 is 0 Å². The molecule has 1 fully saturated rings. The number of carbonyl (C=O) groups is 1. The largest absolute Gasteiger partial charge is 0.398 e. The Labute approximate surface area is 171 Å². The number of rotatable bonds is 6. The fraction of sp³-hybridized carbons (Fsp3) is 0.476. The number of hydrogen-bond donors (Lipinski definition) is 5. The standard InChI is InChI=1S/C21H30N6O2/c1-4-16-19(24-13-7-9-21(3,29)10-8-13)27-20(17(26-16)18(23)28)25-14-6-5-12(2)15(22)11-14/h5-6,11,13,29H,4,7-10,22H2,1-3H3,(H2,23,28)(H2,24,25,27)/t13-,21-. The van der Waals surface area contributed by atoms with Crippen molar-refractivity contribution in [1.82, 2.24) is 9.97 Å². The smallest absolute Gasteiger partial charge is 0.271 e. The Morgan fingerprint density at radius 3 is 2.55 bits per heavy atom. The molecule has 2 aromatic rings. The molecule has 0 radical (unpaired) electrons. The molecule has 1 saturated carbocycles. The minimum Gasteiger partial charge on any atom is -0.398 e. The molecule has 1 aliphatic carbocycles. The van der Waals surface area contributed by atoms with Gasteiger partial charge in [-0.15, -0.1) is 0 Å². The number of amides is 1. The minimum atomic E-state index is -0.643. The molecule has 0 spiro atoms. The van der Waals surface area contributed by atoms with E-state index in [-0.39, 0.29) is 11.7 Å². The molecule has 29 heavy (non-hydrogen) atoms. The Morgan fingerprint density at radius 1 is 1.28 bits per heavy atom.